The Morgan fingerprint density at radius 3 is 2.32 bits per heavy atom. The Labute approximate surface area is 200 Å². The quantitative estimate of drug-likeness (QED) is 0.606. The number of rotatable bonds is 7. The molecular weight excluding hydrogens is 430 g/mol. The van der Waals surface area contributed by atoms with Gasteiger partial charge in [0.1, 0.15) is 18.2 Å². The second-order valence-corrected chi connectivity index (χ2v) is 9.36. The number of benzene rings is 2. The molecule has 3 amide bonds. The number of hydrogen-bond acceptors (Lipinski definition) is 4. The predicted octanol–water partition coefficient (Wildman–Crippen LogP) is 4.17. The molecule has 1 fully saturated rings. The first kappa shape index (κ1) is 24.8. The van der Waals surface area contributed by atoms with Gasteiger partial charge in [0, 0.05) is 17.3 Å². The Morgan fingerprint density at radius 1 is 1.12 bits per heavy atom. The van der Waals surface area contributed by atoms with E-state index < -0.39 is 17.7 Å². The molecule has 2 N–H and O–H groups in total. The van der Waals surface area contributed by atoms with Gasteiger partial charge in [0.25, 0.3) is 5.91 Å². The van der Waals surface area contributed by atoms with Crippen molar-refractivity contribution in [1.82, 2.24) is 10.2 Å². The molecule has 0 heterocycles. The molecule has 1 unspecified atom stereocenters. The summed E-state index contributed by atoms with van der Waals surface area (Å²) in [4.78, 5) is 40.5. The molecule has 7 nitrogen and oxygen atoms in total. The Morgan fingerprint density at radius 2 is 1.76 bits per heavy atom. The van der Waals surface area contributed by atoms with Crippen molar-refractivity contribution in [3.8, 4) is 12.3 Å². The van der Waals surface area contributed by atoms with E-state index in [0.717, 1.165) is 18.4 Å². The highest BCUT2D eigenvalue weighted by atomic mass is 16.6. The lowest BCUT2D eigenvalue weighted by Crippen LogP contribution is -2.47. The maximum atomic E-state index is 13.6. The van der Waals surface area contributed by atoms with E-state index in [0.29, 0.717) is 16.8 Å². The molecule has 3 rings (SSSR count). The van der Waals surface area contributed by atoms with Crippen molar-refractivity contribution in [2.75, 3.05) is 11.9 Å². The SMILES string of the molecule is C#Cc1ccc(C(C(=O)Nc2ccccc2C)N(C(=O)CNC(=O)OC(C)(C)C)C2CC2)cc1. The molecule has 178 valence electrons. The summed E-state index contributed by atoms with van der Waals surface area (Å²) in [6, 6.07) is 13.5. The maximum Gasteiger partial charge on any atom is 0.408 e. The number of alkyl carbamates (subject to hydrolysis) is 1. The number of nitrogens with one attached hydrogen (secondary N) is 2. The summed E-state index contributed by atoms with van der Waals surface area (Å²) in [5.74, 6) is 1.87. The van der Waals surface area contributed by atoms with E-state index in [1.54, 1.807) is 49.9 Å². The van der Waals surface area contributed by atoms with Gasteiger partial charge in [-0.3, -0.25) is 9.59 Å². The lowest BCUT2D eigenvalue weighted by molar-refractivity contribution is -0.138. The molecule has 0 saturated heterocycles. The normalized spacial score (nSPS) is 13.9. The molecule has 2 aromatic carbocycles. The fraction of sp³-hybridized carbons (Fsp3) is 0.370. The lowest BCUT2D eigenvalue weighted by Gasteiger charge is -2.32. The third-order valence-corrected chi connectivity index (χ3v) is 5.33. The van der Waals surface area contributed by atoms with Gasteiger partial charge in [-0.15, -0.1) is 6.42 Å². The summed E-state index contributed by atoms with van der Waals surface area (Å²) < 4.78 is 5.24. The number of carbonyl (C=O) groups is 3. The molecule has 1 aliphatic rings. The number of hydrogen-bond donors (Lipinski definition) is 2. The summed E-state index contributed by atoms with van der Waals surface area (Å²) in [7, 11) is 0. The molecule has 7 heteroatoms. The average Bonchev–Trinajstić information content (AvgIpc) is 3.61. The van der Waals surface area contributed by atoms with Crippen LogP contribution in [0.2, 0.25) is 0 Å². The third kappa shape index (κ3) is 6.61. The maximum absolute atomic E-state index is 13.6. The van der Waals surface area contributed by atoms with Crippen molar-refractivity contribution >= 4 is 23.6 Å². The largest absolute Gasteiger partial charge is 0.444 e. The van der Waals surface area contributed by atoms with E-state index in [-0.39, 0.29) is 24.4 Å². The number of terminal acetylenes is 1. The van der Waals surface area contributed by atoms with Crippen LogP contribution in [0.1, 0.15) is 56.3 Å². The summed E-state index contributed by atoms with van der Waals surface area (Å²) in [6.07, 6.45) is 6.38. The molecule has 0 aromatic heterocycles. The number of anilines is 1. The smallest absolute Gasteiger partial charge is 0.408 e. The van der Waals surface area contributed by atoms with Gasteiger partial charge in [-0.2, -0.15) is 0 Å². The number of carbonyl (C=O) groups excluding carboxylic acids is 3. The van der Waals surface area contributed by atoms with Crippen molar-refractivity contribution in [1.29, 1.82) is 0 Å². The van der Waals surface area contributed by atoms with Crippen LogP contribution in [0.25, 0.3) is 0 Å². The minimum Gasteiger partial charge on any atom is -0.444 e. The summed E-state index contributed by atoms with van der Waals surface area (Å²) in [5, 5.41) is 5.48. The van der Waals surface area contributed by atoms with E-state index in [1.165, 1.54) is 0 Å². The Balaban J connectivity index is 1.88. The zero-order valence-electron chi connectivity index (χ0n) is 20.1. The molecule has 0 spiro atoms. The second-order valence-electron chi connectivity index (χ2n) is 9.36. The van der Waals surface area contributed by atoms with E-state index in [9.17, 15) is 14.4 Å². The molecule has 0 aliphatic heterocycles. The van der Waals surface area contributed by atoms with Crippen molar-refractivity contribution in [3.63, 3.8) is 0 Å². The summed E-state index contributed by atoms with van der Waals surface area (Å²) in [6.45, 7) is 6.87. The lowest BCUT2D eigenvalue weighted by atomic mass is 10.0. The fourth-order valence-electron chi connectivity index (χ4n) is 3.58. The highest BCUT2D eigenvalue weighted by Gasteiger charge is 2.41. The Kier molecular flexibility index (Phi) is 7.62. The number of aryl methyl sites for hydroxylation is 1. The standard InChI is InChI=1S/C27H31N3O4/c1-6-19-11-13-20(14-12-19)24(25(32)29-22-10-8-7-9-18(22)2)30(21-15-16-21)23(31)17-28-26(33)34-27(3,4)5/h1,7-14,21,24H,15-17H2,2-5H3,(H,28,33)(H,29,32). The molecule has 0 radical (unpaired) electrons. The van der Waals surface area contributed by atoms with Crippen molar-refractivity contribution in [3.05, 3.63) is 65.2 Å². The number of ether oxygens (including phenoxy) is 1. The zero-order chi connectivity index (χ0) is 24.9. The molecule has 2 aromatic rings. The zero-order valence-corrected chi connectivity index (χ0v) is 20.1. The minimum atomic E-state index is -0.883. The first-order valence-corrected chi connectivity index (χ1v) is 11.3. The van der Waals surface area contributed by atoms with Gasteiger partial charge < -0.3 is 20.3 Å². The fourth-order valence-corrected chi connectivity index (χ4v) is 3.58. The van der Waals surface area contributed by atoms with Crippen molar-refractivity contribution < 1.29 is 19.1 Å². The first-order chi connectivity index (χ1) is 16.1. The second kappa shape index (κ2) is 10.4. The topological polar surface area (TPSA) is 87.7 Å². The highest BCUT2D eigenvalue weighted by molar-refractivity contribution is 5.99. The van der Waals surface area contributed by atoms with E-state index in [1.807, 2.05) is 31.2 Å². The van der Waals surface area contributed by atoms with Crippen molar-refractivity contribution in [2.24, 2.45) is 0 Å². The minimum absolute atomic E-state index is 0.0899. The Hall–Kier alpha value is -3.79. The van der Waals surface area contributed by atoms with Gasteiger partial charge >= 0.3 is 6.09 Å². The van der Waals surface area contributed by atoms with Crippen molar-refractivity contribution in [2.45, 2.75) is 58.2 Å². The number of amides is 3. The Bertz CT molecular complexity index is 1090. The molecule has 1 saturated carbocycles. The van der Waals surface area contributed by atoms with Crippen LogP contribution in [0.5, 0.6) is 0 Å². The van der Waals surface area contributed by atoms with Crippen LogP contribution in [0.15, 0.2) is 48.5 Å². The van der Waals surface area contributed by atoms with Gasteiger partial charge in [-0.1, -0.05) is 36.3 Å². The van der Waals surface area contributed by atoms with Crippen LogP contribution >= 0.6 is 0 Å². The van der Waals surface area contributed by atoms with Crippen LogP contribution in [0, 0.1) is 19.3 Å². The monoisotopic (exact) mass is 461 g/mol. The van der Waals surface area contributed by atoms with Crippen LogP contribution in [-0.4, -0.2) is 41.0 Å². The van der Waals surface area contributed by atoms with Crippen LogP contribution < -0.4 is 10.6 Å². The predicted molar refractivity (Wildman–Crippen MR) is 131 cm³/mol. The van der Waals surface area contributed by atoms with E-state index >= 15 is 0 Å². The van der Waals surface area contributed by atoms with Crippen LogP contribution in [0.3, 0.4) is 0 Å². The average molecular weight is 462 g/mol. The van der Waals surface area contributed by atoms with Crippen LogP contribution in [-0.2, 0) is 14.3 Å². The number of para-hydroxylation sites is 1. The highest BCUT2D eigenvalue weighted by Crippen LogP contribution is 2.35. The molecule has 1 aliphatic carbocycles. The molecule has 1 atom stereocenters. The van der Waals surface area contributed by atoms with Gasteiger partial charge in [0.15, 0.2) is 0 Å². The van der Waals surface area contributed by atoms with E-state index in [4.69, 9.17) is 11.2 Å². The number of nitrogens with zero attached hydrogens (tertiary/aromatic N) is 1. The summed E-state index contributed by atoms with van der Waals surface area (Å²) in [5.41, 5.74) is 2.22. The molecule has 0 bridgehead atoms. The molecular formula is C27H31N3O4. The third-order valence-electron chi connectivity index (χ3n) is 5.33. The van der Waals surface area contributed by atoms with E-state index in [2.05, 4.69) is 16.6 Å². The summed E-state index contributed by atoms with van der Waals surface area (Å²) >= 11 is 0. The van der Waals surface area contributed by atoms with Gasteiger partial charge in [-0.05, 0) is 69.9 Å². The van der Waals surface area contributed by atoms with Gasteiger partial charge in [-0.25, -0.2) is 4.79 Å². The first-order valence-electron chi connectivity index (χ1n) is 11.3. The van der Waals surface area contributed by atoms with Gasteiger partial charge in [0.05, 0.1) is 0 Å². The van der Waals surface area contributed by atoms with Crippen LogP contribution in [0.4, 0.5) is 10.5 Å². The van der Waals surface area contributed by atoms with Gasteiger partial charge in [0.2, 0.25) is 5.91 Å². The molecule has 34 heavy (non-hydrogen) atoms.